The van der Waals surface area contributed by atoms with Gasteiger partial charge in [0.05, 0.1) is 20.6 Å². The lowest BCUT2D eigenvalue weighted by Crippen LogP contribution is -2.43. The molecule has 6 nitrogen and oxygen atoms in total. The molecule has 0 fully saturated rings. The van der Waals surface area contributed by atoms with Crippen LogP contribution in [0.5, 0.6) is 5.88 Å². The average Bonchev–Trinajstić information content (AvgIpc) is 2.60. The van der Waals surface area contributed by atoms with E-state index >= 15 is 0 Å². The standard InChI is InChI=1S/C18H19FN2O4/c1-24-17-13(6-4-8-20-17)11-15(18(23)25-2)21-16(22)10-12-5-3-7-14(19)9-12/h3-9,15H,10-11H2,1-2H3,(H,21,22)/t15-/m0/s1. The van der Waals surface area contributed by atoms with E-state index in [9.17, 15) is 14.0 Å². The lowest BCUT2D eigenvalue weighted by atomic mass is 10.1. The first-order valence-electron chi connectivity index (χ1n) is 7.63. The highest BCUT2D eigenvalue weighted by Crippen LogP contribution is 2.16. The molecule has 0 spiro atoms. The molecule has 1 amide bonds. The van der Waals surface area contributed by atoms with Crippen molar-refractivity contribution in [1.29, 1.82) is 0 Å². The second-order valence-electron chi connectivity index (χ2n) is 5.33. The van der Waals surface area contributed by atoms with Crippen LogP contribution < -0.4 is 10.1 Å². The van der Waals surface area contributed by atoms with Gasteiger partial charge in [-0.1, -0.05) is 18.2 Å². The van der Waals surface area contributed by atoms with Crippen molar-refractivity contribution in [2.24, 2.45) is 0 Å². The highest BCUT2D eigenvalue weighted by molar-refractivity contribution is 5.85. The number of esters is 1. The Hall–Kier alpha value is -2.96. The van der Waals surface area contributed by atoms with Gasteiger partial charge < -0.3 is 14.8 Å². The molecule has 0 saturated heterocycles. The Kier molecular flexibility index (Phi) is 6.45. The third-order valence-electron chi connectivity index (χ3n) is 3.54. The van der Waals surface area contributed by atoms with Crippen LogP contribution in [0.3, 0.4) is 0 Å². The molecule has 1 heterocycles. The van der Waals surface area contributed by atoms with E-state index in [4.69, 9.17) is 9.47 Å². The fourth-order valence-corrected chi connectivity index (χ4v) is 2.40. The molecule has 1 aromatic carbocycles. The molecule has 0 unspecified atom stereocenters. The van der Waals surface area contributed by atoms with Crippen molar-refractivity contribution in [2.45, 2.75) is 18.9 Å². The molecule has 2 rings (SSSR count). The maximum atomic E-state index is 13.2. The molecule has 0 bridgehead atoms. The first-order valence-corrected chi connectivity index (χ1v) is 7.63. The zero-order valence-corrected chi connectivity index (χ0v) is 14.0. The molecule has 0 aliphatic carbocycles. The molecule has 0 saturated carbocycles. The number of carbonyl (C=O) groups is 2. The Balaban J connectivity index is 2.09. The summed E-state index contributed by atoms with van der Waals surface area (Å²) in [6.45, 7) is 0. The van der Waals surface area contributed by atoms with Crippen LogP contribution in [-0.2, 0) is 27.2 Å². The third kappa shape index (κ3) is 5.27. The van der Waals surface area contributed by atoms with Gasteiger partial charge in [-0.3, -0.25) is 4.79 Å². The molecule has 1 atom stereocenters. The summed E-state index contributed by atoms with van der Waals surface area (Å²) in [5.74, 6) is -1.05. The molecule has 1 N–H and O–H groups in total. The molecular weight excluding hydrogens is 327 g/mol. The maximum Gasteiger partial charge on any atom is 0.328 e. The van der Waals surface area contributed by atoms with Crippen molar-refractivity contribution in [2.75, 3.05) is 14.2 Å². The second kappa shape index (κ2) is 8.77. The number of halogens is 1. The first-order chi connectivity index (χ1) is 12.0. The fourth-order valence-electron chi connectivity index (χ4n) is 2.40. The Morgan fingerprint density at radius 2 is 2.04 bits per heavy atom. The number of ether oxygens (including phenoxy) is 2. The first kappa shape index (κ1) is 18.4. The number of methoxy groups -OCH3 is 2. The van der Waals surface area contributed by atoms with Crippen LogP contribution in [0, 0.1) is 5.82 Å². The van der Waals surface area contributed by atoms with Crippen molar-refractivity contribution in [3.05, 3.63) is 59.5 Å². The van der Waals surface area contributed by atoms with Crippen LogP contribution in [0.4, 0.5) is 4.39 Å². The van der Waals surface area contributed by atoms with Gasteiger partial charge in [0, 0.05) is 18.2 Å². The van der Waals surface area contributed by atoms with E-state index < -0.39 is 23.7 Å². The summed E-state index contributed by atoms with van der Waals surface area (Å²) < 4.78 is 23.1. The Bertz CT molecular complexity index is 751. The number of hydrogen-bond acceptors (Lipinski definition) is 5. The van der Waals surface area contributed by atoms with Gasteiger partial charge in [0.25, 0.3) is 0 Å². The van der Waals surface area contributed by atoms with E-state index in [1.54, 1.807) is 24.4 Å². The predicted molar refractivity (Wildman–Crippen MR) is 88.5 cm³/mol. The van der Waals surface area contributed by atoms with Gasteiger partial charge in [-0.25, -0.2) is 14.2 Å². The van der Waals surface area contributed by atoms with Gasteiger partial charge in [0.2, 0.25) is 11.8 Å². The maximum absolute atomic E-state index is 13.2. The van der Waals surface area contributed by atoms with Crippen LogP contribution >= 0.6 is 0 Å². The van der Waals surface area contributed by atoms with E-state index in [0.29, 0.717) is 17.0 Å². The van der Waals surface area contributed by atoms with Gasteiger partial charge in [0.15, 0.2) is 0 Å². The number of nitrogens with one attached hydrogen (secondary N) is 1. The lowest BCUT2D eigenvalue weighted by Gasteiger charge is -2.17. The van der Waals surface area contributed by atoms with Crippen LogP contribution in [0.2, 0.25) is 0 Å². The summed E-state index contributed by atoms with van der Waals surface area (Å²) >= 11 is 0. The van der Waals surface area contributed by atoms with Gasteiger partial charge >= 0.3 is 5.97 Å². The van der Waals surface area contributed by atoms with Crippen LogP contribution in [0.25, 0.3) is 0 Å². The zero-order chi connectivity index (χ0) is 18.2. The number of amides is 1. The number of hydrogen-bond donors (Lipinski definition) is 1. The zero-order valence-electron chi connectivity index (χ0n) is 14.0. The van der Waals surface area contributed by atoms with Crippen molar-refractivity contribution >= 4 is 11.9 Å². The normalized spacial score (nSPS) is 11.5. The number of pyridine rings is 1. The quantitative estimate of drug-likeness (QED) is 0.772. The molecule has 0 aliphatic rings. The Morgan fingerprint density at radius 1 is 1.24 bits per heavy atom. The second-order valence-corrected chi connectivity index (χ2v) is 5.33. The highest BCUT2D eigenvalue weighted by atomic mass is 19.1. The largest absolute Gasteiger partial charge is 0.481 e. The van der Waals surface area contributed by atoms with E-state index in [1.807, 2.05) is 0 Å². The fraction of sp³-hybridized carbons (Fsp3) is 0.278. The SMILES string of the molecule is COC(=O)[C@H](Cc1cccnc1OC)NC(=O)Cc1cccc(F)c1. The Labute approximate surface area is 145 Å². The summed E-state index contributed by atoms with van der Waals surface area (Å²) in [5, 5.41) is 2.62. The van der Waals surface area contributed by atoms with Crippen molar-refractivity contribution in [1.82, 2.24) is 10.3 Å². The molecule has 0 aliphatic heterocycles. The summed E-state index contributed by atoms with van der Waals surface area (Å²) in [4.78, 5) is 28.3. The summed E-state index contributed by atoms with van der Waals surface area (Å²) in [7, 11) is 2.72. The average molecular weight is 346 g/mol. The minimum atomic E-state index is -0.899. The van der Waals surface area contributed by atoms with E-state index in [0.717, 1.165) is 0 Å². The molecule has 7 heteroatoms. The minimum Gasteiger partial charge on any atom is -0.481 e. The number of nitrogens with zero attached hydrogens (tertiary/aromatic N) is 1. The van der Waals surface area contributed by atoms with Gasteiger partial charge in [0.1, 0.15) is 11.9 Å². The minimum absolute atomic E-state index is 0.0462. The predicted octanol–water partition coefficient (Wildman–Crippen LogP) is 1.67. The molecular formula is C18H19FN2O4. The molecule has 25 heavy (non-hydrogen) atoms. The van der Waals surface area contributed by atoms with E-state index in [-0.39, 0.29) is 12.8 Å². The van der Waals surface area contributed by atoms with Crippen molar-refractivity contribution in [3.8, 4) is 5.88 Å². The number of aromatic nitrogens is 1. The molecule has 1 aromatic heterocycles. The van der Waals surface area contributed by atoms with Crippen LogP contribution in [0.1, 0.15) is 11.1 Å². The smallest absolute Gasteiger partial charge is 0.328 e. The highest BCUT2D eigenvalue weighted by Gasteiger charge is 2.23. The van der Waals surface area contributed by atoms with Crippen LogP contribution in [-0.4, -0.2) is 37.1 Å². The third-order valence-corrected chi connectivity index (χ3v) is 3.54. The molecule has 132 valence electrons. The van der Waals surface area contributed by atoms with Crippen molar-refractivity contribution < 1.29 is 23.5 Å². The monoisotopic (exact) mass is 346 g/mol. The van der Waals surface area contributed by atoms with Gasteiger partial charge in [-0.15, -0.1) is 0 Å². The number of carbonyl (C=O) groups excluding carboxylic acids is 2. The molecule has 2 aromatic rings. The molecule has 0 radical (unpaired) electrons. The van der Waals surface area contributed by atoms with Crippen molar-refractivity contribution in [3.63, 3.8) is 0 Å². The van der Waals surface area contributed by atoms with E-state index in [2.05, 4.69) is 10.3 Å². The summed E-state index contributed by atoms with van der Waals surface area (Å²) in [6, 6.07) is 8.30. The summed E-state index contributed by atoms with van der Waals surface area (Å²) in [5.41, 5.74) is 1.17. The number of rotatable bonds is 7. The number of benzene rings is 1. The van der Waals surface area contributed by atoms with Crippen LogP contribution in [0.15, 0.2) is 42.6 Å². The van der Waals surface area contributed by atoms with Gasteiger partial charge in [-0.2, -0.15) is 0 Å². The summed E-state index contributed by atoms with van der Waals surface area (Å²) in [6.07, 6.45) is 1.69. The Morgan fingerprint density at radius 3 is 2.72 bits per heavy atom. The van der Waals surface area contributed by atoms with E-state index in [1.165, 1.54) is 32.4 Å². The van der Waals surface area contributed by atoms with Gasteiger partial charge in [-0.05, 0) is 23.8 Å². The topological polar surface area (TPSA) is 77.5 Å². The lowest BCUT2D eigenvalue weighted by molar-refractivity contribution is -0.145.